The molecule has 1 N–H and O–H groups in total. The summed E-state index contributed by atoms with van der Waals surface area (Å²) in [6, 6.07) is 23.8. The van der Waals surface area contributed by atoms with E-state index < -0.39 is 0 Å². The summed E-state index contributed by atoms with van der Waals surface area (Å²) in [6.07, 6.45) is 0.875. The van der Waals surface area contributed by atoms with Crippen LogP contribution in [0, 0.1) is 0 Å². The summed E-state index contributed by atoms with van der Waals surface area (Å²) < 4.78 is 16.6. The first-order valence-electron chi connectivity index (χ1n) is 9.45. The third kappa shape index (κ3) is 5.96. The minimum absolute atomic E-state index is 0.487. The molecule has 4 nitrogen and oxygen atoms in total. The molecule has 0 aliphatic rings. The highest BCUT2D eigenvalue weighted by Crippen LogP contribution is 2.29. The van der Waals surface area contributed by atoms with E-state index in [1.165, 1.54) is 5.56 Å². The SMILES string of the molecule is COc1ccc(CCNC(=S)c2ccc(OCc3ccccc3)c(OC)c2)cc1. The van der Waals surface area contributed by atoms with Gasteiger partial charge >= 0.3 is 0 Å². The number of methoxy groups -OCH3 is 2. The number of hydrogen-bond donors (Lipinski definition) is 1. The monoisotopic (exact) mass is 407 g/mol. The van der Waals surface area contributed by atoms with Crippen molar-refractivity contribution in [2.75, 3.05) is 20.8 Å². The van der Waals surface area contributed by atoms with Gasteiger partial charge in [-0.3, -0.25) is 0 Å². The molecule has 0 saturated carbocycles. The molecule has 150 valence electrons. The second-order valence-electron chi connectivity index (χ2n) is 6.49. The van der Waals surface area contributed by atoms with Gasteiger partial charge in [-0.1, -0.05) is 54.7 Å². The minimum Gasteiger partial charge on any atom is -0.497 e. The van der Waals surface area contributed by atoms with E-state index in [0.29, 0.717) is 23.1 Å². The second-order valence-corrected chi connectivity index (χ2v) is 6.90. The van der Waals surface area contributed by atoms with Crippen molar-refractivity contribution in [2.45, 2.75) is 13.0 Å². The fraction of sp³-hybridized carbons (Fsp3) is 0.208. The Balaban J connectivity index is 1.55. The summed E-state index contributed by atoms with van der Waals surface area (Å²) in [5.74, 6) is 2.22. The number of benzene rings is 3. The highest BCUT2D eigenvalue weighted by molar-refractivity contribution is 7.80. The molecule has 0 heterocycles. The molecule has 29 heavy (non-hydrogen) atoms. The highest BCUT2D eigenvalue weighted by atomic mass is 32.1. The lowest BCUT2D eigenvalue weighted by Gasteiger charge is -2.14. The molecule has 0 aromatic heterocycles. The van der Waals surface area contributed by atoms with Crippen LogP contribution >= 0.6 is 12.2 Å². The van der Waals surface area contributed by atoms with Gasteiger partial charge < -0.3 is 19.5 Å². The van der Waals surface area contributed by atoms with Crippen LogP contribution in [-0.2, 0) is 13.0 Å². The van der Waals surface area contributed by atoms with Crippen LogP contribution in [0.5, 0.6) is 17.2 Å². The summed E-state index contributed by atoms with van der Waals surface area (Å²) in [6.45, 7) is 1.24. The molecule has 0 radical (unpaired) electrons. The van der Waals surface area contributed by atoms with E-state index in [1.54, 1.807) is 14.2 Å². The zero-order valence-electron chi connectivity index (χ0n) is 16.7. The van der Waals surface area contributed by atoms with Crippen LogP contribution in [0.3, 0.4) is 0 Å². The van der Waals surface area contributed by atoms with Crippen molar-refractivity contribution in [3.05, 3.63) is 89.5 Å². The van der Waals surface area contributed by atoms with Gasteiger partial charge in [-0.05, 0) is 47.9 Å². The smallest absolute Gasteiger partial charge is 0.161 e. The second kappa shape index (κ2) is 10.5. The van der Waals surface area contributed by atoms with Gasteiger partial charge in [0.25, 0.3) is 0 Å². The molecule has 0 aliphatic heterocycles. The first kappa shape index (κ1) is 20.7. The van der Waals surface area contributed by atoms with Crippen LogP contribution in [0.2, 0.25) is 0 Å². The van der Waals surface area contributed by atoms with Crippen LogP contribution in [0.1, 0.15) is 16.7 Å². The third-order valence-electron chi connectivity index (χ3n) is 4.52. The number of hydrogen-bond acceptors (Lipinski definition) is 4. The normalized spacial score (nSPS) is 10.3. The molecule has 3 aromatic rings. The Labute approximate surface area is 177 Å². The van der Waals surface area contributed by atoms with E-state index in [4.69, 9.17) is 26.4 Å². The number of thiocarbonyl (C=S) groups is 1. The van der Waals surface area contributed by atoms with Gasteiger partial charge in [0.05, 0.1) is 14.2 Å². The number of ether oxygens (including phenoxy) is 3. The van der Waals surface area contributed by atoms with Gasteiger partial charge in [-0.2, -0.15) is 0 Å². The predicted molar refractivity (Wildman–Crippen MR) is 120 cm³/mol. The average molecular weight is 408 g/mol. The van der Waals surface area contributed by atoms with Gasteiger partial charge in [-0.15, -0.1) is 0 Å². The molecule has 0 atom stereocenters. The Morgan fingerprint density at radius 1 is 0.828 bits per heavy atom. The lowest BCUT2D eigenvalue weighted by Crippen LogP contribution is -2.24. The lowest BCUT2D eigenvalue weighted by molar-refractivity contribution is 0.284. The highest BCUT2D eigenvalue weighted by Gasteiger charge is 2.09. The van der Waals surface area contributed by atoms with Gasteiger partial charge in [0.15, 0.2) is 11.5 Å². The third-order valence-corrected chi connectivity index (χ3v) is 4.90. The van der Waals surface area contributed by atoms with Crippen LogP contribution < -0.4 is 19.5 Å². The molecule has 0 fully saturated rings. The van der Waals surface area contributed by atoms with E-state index in [0.717, 1.165) is 29.8 Å². The molecular weight excluding hydrogens is 382 g/mol. The zero-order chi connectivity index (χ0) is 20.5. The zero-order valence-corrected chi connectivity index (χ0v) is 17.5. The number of rotatable bonds is 9. The fourth-order valence-electron chi connectivity index (χ4n) is 2.88. The van der Waals surface area contributed by atoms with Gasteiger partial charge in [0, 0.05) is 12.1 Å². The molecule has 0 unspecified atom stereocenters. The molecule has 5 heteroatoms. The quantitative estimate of drug-likeness (QED) is 0.517. The Morgan fingerprint density at radius 2 is 1.59 bits per heavy atom. The maximum absolute atomic E-state index is 5.91. The summed E-state index contributed by atoms with van der Waals surface area (Å²) in [4.78, 5) is 0.687. The maximum Gasteiger partial charge on any atom is 0.161 e. The van der Waals surface area contributed by atoms with E-state index in [9.17, 15) is 0 Å². The summed E-state index contributed by atoms with van der Waals surface area (Å²) in [7, 11) is 3.30. The van der Waals surface area contributed by atoms with Crippen LogP contribution in [0.4, 0.5) is 0 Å². The Kier molecular flexibility index (Phi) is 7.47. The standard InChI is InChI=1S/C24H25NO3S/c1-26-21-11-8-18(9-12-21)14-15-25-24(29)20-10-13-22(23(16-20)27-2)28-17-19-6-4-3-5-7-19/h3-13,16H,14-15,17H2,1-2H3,(H,25,29). The van der Waals surface area contributed by atoms with Gasteiger partial charge in [0.1, 0.15) is 17.3 Å². The molecule has 0 spiro atoms. The largest absolute Gasteiger partial charge is 0.497 e. The molecule has 0 bridgehead atoms. The van der Waals surface area contributed by atoms with E-state index in [1.807, 2.05) is 60.7 Å². The molecule has 0 aliphatic carbocycles. The van der Waals surface area contributed by atoms with Crippen LogP contribution in [-0.4, -0.2) is 25.8 Å². The summed E-state index contributed by atoms with van der Waals surface area (Å²) in [5, 5.41) is 3.31. The summed E-state index contributed by atoms with van der Waals surface area (Å²) >= 11 is 5.54. The van der Waals surface area contributed by atoms with E-state index >= 15 is 0 Å². The maximum atomic E-state index is 5.91. The molecule has 0 saturated heterocycles. The molecular formula is C24H25NO3S. The van der Waals surface area contributed by atoms with Crippen molar-refractivity contribution in [1.29, 1.82) is 0 Å². The predicted octanol–water partition coefficient (Wildman–Crippen LogP) is 4.79. The summed E-state index contributed by atoms with van der Waals surface area (Å²) in [5.41, 5.74) is 3.23. The van der Waals surface area contributed by atoms with Crippen molar-refractivity contribution < 1.29 is 14.2 Å². The van der Waals surface area contributed by atoms with Crippen molar-refractivity contribution in [3.63, 3.8) is 0 Å². The van der Waals surface area contributed by atoms with Gasteiger partial charge in [-0.25, -0.2) is 0 Å². The number of nitrogens with one attached hydrogen (secondary N) is 1. The fourth-order valence-corrected chi connectivity index (χ4v) is 3.11. The average Bonchev–Trinajstić information content (AvgIpc) is 2.78. The van der Waals surface area contributed by atoms with Crippen LogP contribution in [0.15, 0.2) is 72.8 Å². The Hall–Kier alpha value is -3.05. The van der Waals surface area contributed by atoms with E-state index in [2.05, 4.69) is 17.4 Å². The van der Waals surface area contributed by atoms with Crippen molar-refractivity contribution in [2.24, 2.45) is 0 Å². The van der Waals surface area contributed by atoms with Crippen molar-refractivity contribution in [3.8, 4) is 17.2 Å². The minimum atomic E-state index is 0.487. The Bertz CT molecular complexity index is 927. The van der Waals surface area contributed by atoms with Gasteiger partial charge in [0.2, 0.25) is 0 Å². The van der Waals surface area contributed by atoms with Crippen molar-refractivity contribution >= 4 is 17.2 Å². The molecule has 3 aromatic carbocycles. The molecule has 0 amide bonds. The topological polar surface area (TPSA) is 39.7 Å². The van der Waals surface area contributed by atoms with Crippen molar-refractivity contribution in [1.82, 2.24) is 5.32 Å². The first-order valence-corrected chi connectivity index (χ1v) is 9.86. The van der Waals surface area contributed by atoms with Crippen LogP contribution in [0.25, 0.3) is 0 Å². The van der Waals surface area contributed by atoms with E-state index in [-0.39, 0.29) is 0 Å². The lowest BCUT2D eigenvalue weighted by atomic mass is 10.1. The molecule has 3 rings (SSSR count). The first-order chi connectivity index (χ1) is 14.2. The Morgan fingerprint density at radius 3 is 2.28 bits per heavy atom.